The first-order valence-electron chi connectivity index (χ1n) is 11.7. The molecule has 3 nitrogen and oxygen atoms in total. The molecule has 0 saturated heterocycles. The molecular formula is C30H30N3S+. The summed E-state index contributed by atoms with van der Waals surface area (Å²) in [5.41, 5.74) is 9.40. The van der Waals surface area contributed by atoms with Gasteiger partial charge in [0.1, 0.15) is 23.4 Å². The van der Waals surface area contributed by atoms with E-state index in [1.165, 1.54) is 27.8 Å². The van der Waals surface area contributed by atoms with Gasteiger partial charge in [0.05, 0.1) is 15.8 Å². The number of aromatic nitrogens is 2. The van der Waals surface area contributed by atoms with Crippen LogP contribution in [0.4, 0.5) is 0 Å². The molecule has 0 fully saturated rings. The Bertz CT molecular complexity index is 1660. The summed E-state index contributed by atoms with van der Waals surface area (Å²) >= 11 is 1.76. The van der Waals surface area contributed by atoms with Crippen molar-refractivity contribution in [1.82, 2.24) is 4.98 Å². The second kappa shape index (κ2) is 7.89. The average Bonchev–Trinajstić information content (AvgIpc) is 3.14. The third-order valence-corrected chi connectivity index (χ3v) is 7.86. The fraction of sp³-hybridized carbons (Fsp3) is 0.300. The molecule has 3 aromatic heterocycles. The molecule has 2 aromatic carbocycles. The normalized spacial score (nSPS) is 12.1. The number of hydrogen-bond donors (Lipinski definition) is 0. The summed E-state index contributed by atoms with van der Waals surface area (Å²) in [6.45, 7) is 13.3. The van der Waals surface area contributed by atoms with Crippen molar-refractivity contribution >= 4 is 42.4 Å². The molecule has 0 atom stereocenters. The van der Waals surface area contributed by atoms with Crippen molar-refractivity contribution in [1.29, 1.82) is 5.26 Å². The van der Waals surface area contributed by atoms with Crippen molar-refractivity contribution in [3.05, 3.63) is 70.5 Å². The smallest absolute Gasteiger partial charge is 0.230 e. The molecule has 34 heavy (non-hydrogen) atoms. The number of rotatable bonds is 2. The van der Waals surface area contributed by atoms with Gasteiger partial charge in [-0.05, 0) is 61.4 Å². The van der Waals surface area contributed by atoms with E-state index in [9.17, 15) is 5.26 Å². The first-order chi connectivity index (χ1) is 16.1. The van der Waals surface area contributed by atoms with Crippen LogP contribution in [0.1, 0.15) is 48.6 Å². The van der Waals surface area contributed by atoms with E-state index in [2.05, 4.69) is 82.5 Å². The minimum Gasteiger partial charge on any atom is -0.254 e. The van der Waals surface area contributed by atoms with Crippen molar-refractivity contribution in [3.63, 3.8) is 0 Å². The molecule has 0 N–H and O–H groups in total. The Balaban J connectivity index is 1.87. The number of fused-ring (bicyclic) bond motifs is 5. The number of pyridine rings is 2. The zero-order valence-corrected chi connectivity index (χ0v) is 21.8. The number of nitriles is 1. The Morgan fingerprint density at radius 3 is 2.53 bits per heavy atom. The summed E-state index contributed by atoms with van der Waals surface area (Å²) in [6, 6.07) is 13.6. The molecule has 4 heteroatoms. The Labute approximate surface area is 205 Å². The lowest BCUT2D eigenvalue weighted by atomic mass is 9.88. The largest absolute Gasteiger partial charge is 0.254 e. The highest BCUT2D eigenvalue weighted by Crippen LogP contribution is 2.43. The molecule has 3 heterocycles. The summed E-state index contributed by atoms with van der Waals surface area (Å²) in [7, 11) is 2.05. The molecule has 0 bridgehead atoms. The van der Waals surface area contributed by atoms with Gasteiger partial charge < -0.3 is 0 Å². The minimum absolute atomic E-state index is 0.215. The highest BCUT2D eigenvalue weighted by Gasteiger charge is 2.25. The van der Waals surface area contributed by atoms with Gasteiger partial charge in [-0.15, -0.1) is 11.3 Å². The molecule has 0 radical (unpaired) electrons. The van der Waals surface area contributed by atoms with Crippen LogP contribution in [0.3, 0.4) is 0 Å². The van der Waals surface area contributed by atoms with Gasteiger partial charge >= 0.3 is 0 Å². The van der Waals surface area contributed by atoms with Gasteiger partial charge in [-0.2, -0.15) is 9.83 Å². The van der Waals surface area contributed by atoms with Crippen molar-refractivity contribution in [3.8, 4) is 17.3 Å². The van der Waals surface area contributed by atoms with Crippen LogP contribution in [0, 0.1) is 37.5 Å². The number of hydrogen-bond acceptors (Lipinski definition) is 3. The topological polar surface area (TPSA) is 40.6 Å². The molecule has 5 rings (SSSR count). The predicted octanol–water partition coefficient (Wildman–Crippen LogP) is 7.48. The van der Waals surface area contributed by atoms with Gasteiger partial charge in [-0.3, -0.25) is 4.98 Å². The lowest BCUT2D eigenvalue weighted by Gasteiger charge is -2.18. The fourth-order valence-corrected chi connectivity index (χ4v) is 6.53. The van der Waals surface area contributed by atoms with Crippen LogP contribution in [-0.2, 0) is 13.5 Å². The third-order valence-electron chi connectivity index (χ3n) is 6.65. The molecular weight excluding hydrogens is 434 g/mol. The van der Waals surface area contributed by atoms with Crippen LogP contribution in [0.15, 0.2) is 42.7 Å². The van der Waals surface area contributed by atoms with Crippen LogP contribution in [0.25, 0.3) is 42.3 Å². The van der Waals surface area contributed by atoms with E-state index in [-0.39, 0.29) is 5.41 Å². The number of nitrogens with zero attached hydrogens (tertiary/aromatic N) is 3. The highest BCUT2D eigenvalue weighted by atomic mass is 32.1. The Morgan fingerprint density at radius 2 is 1.82 bits per heavy atom. The molecule has 0 saturated carbocycles. The van der Waals surface area contributed by atoms with E-state index >= 15 is 0 Å². The van der Waals surface area contributed by atoms with E-state index in [1.54, 1.807) is 11.3 Å². The molecule has 0 unspecified atom stereocenters. The summed E-state index contributed by atoms with van der Waals surface area (Å²) < 4.78 is 4.42. The van der Waals surface area contributed by atoms with Crippen LogP contribution in [0.2, 0.25) is 0 Å². The zero-order valence-electron chi connectivity index (χ0n) is 21.0. The van der Waals surface area contributed by atoms with Gasteiger partial charge in [0.2, 0.25) is 5.69 Å². The average molecular weight is 465 g/mol. The first-order valence-corrected chi connectivity index (χ1v) is 12.5. The summed E-state index contributed by atoms with van der Waals surface area (Å²) in [4.78, 5) is 4.94. The molecule has 5 aromatic rings. The Morgan fingerprint density at radius 1 is 1.06 bits per heavy atom. The van der Waals surface area contributed by atoms with Gasteiger partial charge in [0.15, 0.2) is 6.20 Å². The molecule has 0 aliphatic rings. The lowest BCUT2D eigenvalue weighted by Crippen LogP contribution is -2.31. The van der Waals surface area contributed by atoms with Gasteiger partial charge in [-0.25, -0.2) is 0 Å². The van der Waals surface area contributed by atoms with Crippen molar-refractivity contribution in [2.45, 2.75) is 48.0 Å². The SMILES string of the molecule is Cc1cc(C)c(C)c(-c2c3sc4c(ccc5cc(CC(C)(C)C)cnc54)c3c(C#N)c[n+]2C)c1. The van der Waals surface area contributed by atoms with E-state index < -0.39 is 0 Å². The molecule has 0 amide bonds. The summed E-state index contributed by atoms with van der Waals surface area (Å²) in [5, 5.41) is 13.3. The van der Waals surface area contributed by atoms with E-state index in [4.69, 9.17) is 4.98 Å². The number of aryl methyl sites for hydroxylation is 3. The van der Waals surface area contributed by atoms with Crippen LogP contribution >= 0.6 is 11.3 Å². The quantitative estimate of drug-likeness (QED) is 0.254. The van der Waals surface area contributed by atoms with Gasteiger partial charge in [0.25, 0.3) is 0 Å². The maximum Gasteiger partial charge on any atom is 0.230 e. The van der Waals surface area contributed by atoms with E-state index in [1.807, 2.05) is 19.4 Å². The Hall–Kier alpha value is -3.29. The van der Waals surface area contributed by atoms with Crippen molar-refractivity contribution in [2.75, 3.05) is 0 Å². The maximum absolute atomic E-state index is 10.0. The maximum atomic E-state index is 10.0. The first kappa shape index (κ1) is 22.5. The lowest BCUT2D eigenvalue weighted by molar-refractivity contribution is -0.659. The van der Waals surface area contributed by atoms with Gasteiger partial charge in [-0.1, -0.05) is 44.5 Å². The zero-order chi connectivity index (χ0) is 24.4. The predicted molar refractivity (Wildman–Crippen MR) is 143 cm³/mol. The number of benzene rings is 2. The van der Waals surface area contributed by atoms with Crippen LogP contribution in [-0.4, -0.2) is 4.98 Å². The van der Waals surface area contributed by atoms with E-state index in [0.29, 0.717) is 5.56 Å². The minimum atomic E-state index is 0.215. The molecule has 0 aliphatic carbocycles. The van der Waals surface area contributed by atoms with Gasteiger partial charge in [0, 0.05) is 22.4 Å². The van der Waals surface area contributed by atoms with E-state index in [0.717, 1.165) is 43.2 Å². The second-order valence-corrected chi connectivity index (χ2v) is 11.8. The highest BCUT2D eigenvalue weighted by molar-refractivity contribution is 7.27. The second-order valence-electron chi connectivity index (χ2n) is 10.8. The fourth-order valence-electron chi connectivity index (χ4n) is 5.10. The van der Waals surface area contributed by atoms with Crippen LogP contribution in [0.5, 0.6) is 0 Å². The third kappa shape index (κ3) is 3.65. The monoisotopic (exact) mass is 464 g/mol. The molecule has 0 spiro atoms. The van der Waals surface area contributed by atoms with Crippen LogP contribution < -0.4 is 4.57 Å². The van der Waals surface area contributed by atoms with Crippen molar-refractivity contribution < 1.29 is 4.57 Å². The molecule has 170 valence electrons. The Kier molecular flexibility index (Phi) is 5.22. The summed E-state index contributed by atoms with van der Waals surface area (Å²) in [5.74, 6) is 0. The summed E-state index contributed by atoms with van der Waals surface area (Å²) in [6.07, 6.45) is 4.99. The number of thiophene rings is 1. The molecule has 0 aliphatic heterocycles. The van der Waals surface area contributed by atoms with Crippen molar-refractivity contribution in [2.24, 2.45) is 12.5 Å². The standard InChI is InChI=1S/C30H30N3S/c1-17-10-18(2)19(3)24(11-17)27-29-25(22(14-31)16-33(27)7)23-9-8-21-12-20(13-30(4,5)6)15-32-26(21)28(23)34-29/h8-12,15-16H,13H2,1-7H3/q+1.